The fourth-order valence-corrected chi connectivity index (χ4v) is 10.3. The fraction of sp³-hybridized carbons (Fsp3) is 0.409. The molecule has 0 atom stereocenters. The van der Waals surface area contributed by atoms with Crippen molar-refractivity contribution in [1.29, 1.82) is 0 Å². The molecule has 4 aromatic carbocycles. The van der Waals surface area contributed by atoms with Crippen molar-refractivity contribution in [3.05, 3.63) is 70.8 Å². The zero-order chi connectivity index (χ0) is 41.7. The van der Waals surface area contributed by atoms with Crippen LogP contribution < -0.4 is 9.47 Å². The molecule has 0 saturated carbocycles. The van der Waals surface area contributed by atoms with Gasteiger partial charge in [-0.3, -0.25) is 0 Å². The number of hydrogen-bond donors (Lipinski definition) is 4. The van der Waals surface area contributed by atoms with Gasteiger partial charge in [-0.25, -0.2) is 9.59 Å². The summed E-state index contributed by atoms with van der Waals surface area (Å²) < 4.78 is 12.2. The molecular weight excluding hydrogens is 785 g/mol. The molecule has 56 heavy (non-hydrogen) atoms. The number of hydrogen-bond acceptors (Lipinski definition) is 10. The molecule has 4 aromatic rings. The summed E-state index contributed by atoms with van der Waals surface area (Å²) in [6.07, 6.45) is 0. The SMILES string of the molecule is CC(C)(C)c1cc2c(O)c(c1)Sc1cc(C(C)(C)C)cc(c1OCC(=O)O)Sc1cc(C(C)(C)C)cc(c1O)Sc1cc(C(C)(C)C)cc(c1OCC(=O)O)S2. The van der Waals surface area contributed by atoms with E-state index in [2.05, 4.69) is 83.1 Å². The Hall–Kier alpha value is -3.58. The molecule has 0 amide bonds. The number of carbonyl (C=O) groups is 2. The molecule has 0 unspecified atom stereocenters. The molecule has 0 saturated heterocycles. The van der Waals surface area contributed by atoms with E-state index < -0.39 is 25.2 Å². The minimum atomic E-state index is -1.14. The Morgan fingerprint density at radius 1 is 0.429 bits per heavy atom. The van der Waals surface area contributed by atoms with Crippen LogP contribution in [0.1, 0.15) is 105 Å². The van der Waals surface area contributed by atoms with Crippen LogP contribution in [0.3, 0.4) is 0 Å². The Kier molecular flexibility index (Phi) is 12.4. The van der Waals surface area contributed by atoms with Crippen molar-refractivity contribution in [2.75, 3.05) is 13.2 Å². The second-order valence-corrected chi connectivity index (χ2v) is 22.4. The van der Waals surface area contributed by atoms with E-state index >= 15 is 0 Å². The molecule has 300 valence electrons. The third kappa shape index (κ3) is 10.1. The number of fused-ring (bicyclic) bond motifs is 8. The zero-order valence-corrected chi connectivity index (χ0v) is 37.4. The van der Waals surface area contributed by atoms with Gasteiger partial charge >= 0.3 is 11.9 Å². The van der Waals surface area contributed by atoms with E-state index in [0.717, 1.165) is 22.3 Å². The standard InChI is InChI=1S/C44H52O8S4/c1-41(2,3)23-13-27-37(49)28(14-23)54-32-18-26(44(10,11)12)20-34(40(32)52-22-36(47)48)56-30-16-24(42(4,5)6)15-29(38(30)50)55-33-19-25(43(7,8)9)17-31(53-27)39(33)51-21-35(45)46/h13-20,49-50H,21-22H2,1-12H3,(H,45,46)(H,47,48). The van der Waals surface area contributed by atoms with Crippen LogP contribution in [0.4, 0.5) is 0 Å². The summed E-state index contributed by atoms with van der Waals surface area (Å²) in [7, 11) is 0. The number of phenolic OH excluding ortho intramolecular Hbond substituents is 2. The molecule has 5 rings (SSSR count). The van der Waals surface area contributed by atoms with Crippen molar-refractivity contribution in [3.63, 3.8) is 0 Å². The van der Waals surface area contributed by atoms with Gasteiger partial charge in [-0.1, -0.05) is 130 Å². The summed E-state index contributed by atoms with van der Waals surface area (Å²) >= 11 is 5.14. The smallest absolute Gasteiger partial charge is 0.341 e. The predicted octanol–water partition coefficient (Wildman–Crippen LogP) is 12.1. The van der Waals surface area contributed by atoms with Crippen molar-refractivity contribution >= 4 is 59.0 Å². The molecule has 4 N–H and O–H groups in total. The molecule has 1 heterocycles. The summed E-state index contributed by atoms with van der Waals surface area (Å²) in [5.41, 5.74) is 2.47. The molecule has 0 aromatic heterocycles. The Morgan fingerprint density at radius 2 is 0.625 bits per heavy atom. The van der Waals surface area contributed by atoms with Gasteiger partial charge in [-0.15, -0.1) is 0 Å². The van der Waals surface area contributed by atoms with E-state index in [-0.39, 0.29) is 33.2 Å². The molecule has 1 aliphatic rings. The molecule has 0 fully saturated rings. The molecule has 8 nitrogen and oxygen atoms in total. The molecule has 0 spiro atoms. The average molecular weight is 837 g/mol. The molecular formula is C44H52O8S4. The summed E-state index contributed by atoms with van der Waals surface area (Å²) in [6.45, 7) is 23.9. The van der Waals surface area contributed by atoms with Crippen LogP contribution in [0.15, 0.2) is 87.7 Å². The van der Waals surface area contributed by atoms with Gasteiger partial charge in [0.15, 0.2) is 13.2 Å². The maximum absolute atomic E-state index is 12.2. The maximum Gasteiger partial charge on any atom is 0.341 e. The van der Waals surface area contributed by atoms with E-state index in [1.165, 1.54) is 47.0 Å². The minimum Gasteiger partial charge on any atom is -0.506 e. The normalized spacial score (nSPS) is 13.6. The Bertz CT molecular complexity index is 1930. The van der Waals surface area contributed by atoms with Gasteiger partial charge < -0.3 is 29.9 Å². The van der Waals surface area contributed by atoms with Gasteiger partial charge in [0.25, 0.3) is 0 Å². The number of aromatic hydroxyl groups is 2. The first kappa shape index (κ1) is 43.5. The van der Waals surface area contributed by atoms with Crippen LogP contribution in [0.25, 0.3) is 0 Å². The van der Waals surface area contributed by atoms with Crippen molar-refractivity contribution in [2.45, 2.75) is 144 Å². The zero-order valence-electron chi connectivity index (χ0n) is 34.1. The third-order valence-electron chi connectivity index (χ3n) is 9.15. The number of ether oxygens (including phenoxy) is 2. The highest BCUT2D eigenvalue weighted by Gasteiger charge is 2.30. The predicted molar refractivity (Wildman–Crippen MR) is 227 cm³/mol. The number of aliphatic carboxylic acids is 2. The van der Waals surface area contributed by atoms with Crippen molar-refractivity contribution in [1.82, 2.24) is 0 Å². The Labute approximate surface area is 347 Å². The molecule has 1 aliphatic heterocycles. The Balaban J connectivity index is 1.96. The Morgan fingerprint density at radius 3 is 0.804 bits per heavy atom. The van der Waals surface area contributed by atoms with E-state index in [4.69, 9.17) is 9.47 Å². The van der Waals surface area contributed by atoms with Crippen LogP contribution >= 0.6 is 47.0 Å². The fourth-order valence-electron chi connectivity index (χ4n) is 5.69. The van der Waals surface area contributed by atoms with Gasteiger partial charge in [-0.2, -0.15) is 0 Å². The van der Waals surface area contributed by atoms with E-state index in [1.807, 2.05) is 48.5 Å². The van der Waals surface area contributed by atoms with Crippen LogP contribution in [0.2, 0.25) is 0 Å². The number of rotatable bonds is 6. The van der Waals surface area contributed by atoms with Crippen LogP contribution in [-0.4, -0.2) is 45.6 Å². The van der Waals surface area contributed by atoms with Crippen molar-refractivity contribution in [3.8, 4) is 23.0 Å². The first-order chi connectivity index (χ1) is 25.7. The van der Waals surface area contributed by atoms with Gasteiger partial charge in [0.2, 0.25) is 0 Å². The topological polar surface area (TPSA) is 134 Å². The maximum atomic E-state index is 12.2. The lowest BCUT2D eigenvalue weighted by Gasteiger charge is -2.27. The summed E-state index contributed by atoms with van der Waals surface area (Å²) in [4.78, 5) is 28.5. The molecule has 12 heteroatoms. The van der Waals surface area contributed by atoms with Gasteiger partial charge in [0.1, 0.15) is 23.0 Å². The highest BCUT2D eigenvalue weighted by atomic mass is 32.2. The lowest BCUT2D eigenvalue weighted by Crippen LogP contribution is -2.14. The highest BCUT2D eigenvalue weighted by Crippen LogP contribution is 2.56. The number of phenols is 2. The second kappa shape index (κ2) is 16.0. The minimum absolute atomic E-state index is 0.0110. The number of benzene rings is 4. The average Bonchev–Trinajstić information content (AvgIpc) is 3.04. The van der Waals surface area contributed by atoms with Gasteiger partial charge in [0, 0.05) is 0 Å². The molecule has 0 radical (unpaired) electrons. The molecule has 0 aliphatic carbocycles. The second-order valence-electron chi connectivity index (χ2n) is 18.0. The number of carboxylic acids is 2. The summed E-state index contributed by atoms with van der Waals surface area (Å²) in [5, 5.41) is 43.9. The first-order valence-corrected chi connectivity index (χ1v) is 21.5. The van der Waals surface area contributed by atoms with Crippen molar-refractivity contribution in [2.24, 2.45) is 0 Å². The molecule has 8 bridgehead atoms. The van der Waals surface area contributed by atoms with E-state index in [9.17, 15) is 30.0 Å². The van der Waals surface area contributed by atoms with E-state index in [0.29, 0.717) is 50.7 Å². The van der Waals surface area contributed by atoms with E-state index in [1.54, 1.807) is 0 Å². The quantitative estimate of drug-likeness (QED) is 0.130. The summed E-state index contributed by atoms with van der Waals surface area (Å²) in [5.74, 6) is -1.59. The third-order valence-corrected chi connectivity index (χ3v) is 13.4. The monoisotopic (exact) mass is 836 g/mol. The first-order valence-electron chi connectivity index (χ1n) is 18.2. The summed E-state index contributed by atoms with van der Waals surface area (Å²) in [6, 6.07) is 15.7. The van der Waals surface area contributed by atoms with Crippen molar-refractivity contribution < 1.29 is 39.5 Å². The van der Waals surface area contributed by atoms with Crippen LogP contribution in [0.5, 0.6) is 23.0 Å². The van der Waals surface area contributed by atoms with Gasteiger partial charge in [0.05, 0.1) is 39.2 Å². The highest BCUT2D eigenvalue weighted by molar-refractivity contribution is 8.01. The van der Waals surface area contributed by atoms with Crippen LogP contribution in [0, 0.1) is 0 Å². The lowest BCUT2D eigenvalue weighted by molar-refractivity contribution is -0.140. The van der Waals surface area contributed by atoms with Crippen LogP contribution in [-0.2, 0) is 31.2 Å². The number of carboxylic acid groups (broad SMARTS) is 2. The lowest BCUT2D eigenvalue weighted by atomic mass is 9.87. The van der Waals surface area contributed by atoms with Gasteiger partial charge in [-0.05, 0) is 92.4 Å². The largest absolute Gasteiger partial charge is 0.506 e.